The van der Waals surface area contributed by atoms with Crippen LogP contribution >= 0.6 is 0 Å². The van der Waals surface area contributed by atoms with Gasteiger partial charge in [-0.2, -0.15) is 0 Å². The van der Waals surface area contributed by atoms with Gasteiger partial charge in [0.1, 0.15) is 18.2 Å². The van der Waals surface area contributed by atoms with Gasteiger partial charge in [0.15, 0.2) is 5.78 Å². The lowest BCUT2D eigenvalue weighted by molar-refractivity contribution is -0.136. The van der Waals surface area contributed by atoms with Crippen LogP contribution in [0.3, 0.4) is 0 Å². The molecule has 0 saturated carbocycles. The van der Waals surface area contributed by atoms with E-state index in [0.717, 1.165) is 0 Å². The van der Waals surface area contributed by atoms with E-state index in [1.165, 1.54) is 12.1 Å². The van der Waals surface area contributed by atoms with Crippen molar-refractivity contribution in [1.82, 2.24) is 0 Å². The van der Waals surface area contributed by atoms with Gasteiger partial charge in [0.05, 0.1) is 6.42 Å². The minimum Gasteiger partial charge on any atom is -0.489 e. The van der Waals surface area contributed by atoms with Gasteiger partial charge >= 0.3 is 5.97 Å². The van der Waals surface area contributed by atoms with Crippen LogP contribution in [0.5, 0.6) is 5.75 Å². The van der Waals surface area contributed by atoms with Crippen LogP contribution in [0.25, 0.3) is 0 Å². The number of carboxylic acid groups (broad SMARTS) is 1. The smallest absolute Gasteiger partial charge is 0.303 e. The van der Waals surface area contributed by atoms with Gasteiger partial charge in [-0.15, -0.1) is 0 Å². The Labute approximate surface area is 127 Å². The molecule has 22 heavy (non-hydrogen) atoms. The highest BCUT2D eigenvalue weighted by atomic mass is 19.1. The largest absolute Gasteiger partial charge is 0.489 e. The lowest BCUT2D eigenvalue weighted by Gasteiger charge is -2.07. The average Bonchev–Trinajstić information content (AvgIpc) is 2.51. The third kappa shape index (κ3) is 4.70. The van der Waals surface area contributed by atoms with Gasteiger partial charge in [0.2, 0.25) is 0 Å². The number of halogens is 1. The molecule has 0 aliphatic carbocycles. The predicted molar refractivity (Wildman–Crippen MR) is 78.4 cm³/mol. The number of aliphatic carboxylic acids is 1. The van der Waals surface area contributed by atoms with Crippen molar-refractivity contribution in [1.29, 1.82) is 0 Å². The first-order valence-electron chi connectivity index (χ1n) is 6.77. The molecule has 4 nitrogen and oxygen atoms in total. The highest BCUT2D eigenvalue weighted by molar-refractivity contribution is 5.97. The molecule has 0 spiro atoms. The van der Waals surface area contributed by atoms with Crippen molar-refractivity contribution in [2.45, 2.75) is 19.4 Å². The molecule has 0 fully saturated rings. The normalized spacial score (nSPS) is 10.2. The number of Topliss-reactive ketones (excluding diaryl/α,β-unsaturated/α-hetero) is 1. The van der Waals surface area contributed by atoms with Gasteiger partial charge in [-0.3, -0.25) is 9.59 Å². The van der Waals surface area contributed by atoms with Gasteiger partial charge in [-0.25, -0.2) is 4.39 Å². The van der Waals surface area contributed by atoms with E-state index >= 15 is 0 Å². The summed E-state index contributed by atoms with van der Waals surface area (Å²) in [5, 5.41) is 8.55. The summed E-state index contributed by atoms with van der Waals surface area (Å²) in [6, 6.07) is 12.6. The molecule has 0 heterocycles. The first-order chi connectivity index (χ1) is 10.5. The maximum Gasteiger partial charge on any atom is 0.303 e. The second-order valence-corrected chi connectivity index (χ2v) is 4.76. The predicted octanol–water partition coefficient (Wildman–Crippen LogP) is 3.45. The maximum atomic E-state index is 13.0. The fourth-order valence-corrected chi connectivity index (χ4v) is 1.90. The molecule has 0 aliphatic rings. The molecular formula is C17H15FO4. The molecule has 0 amide bonds. The van der Waals surface area contributed by atoms with E-state index in [9.17, 15) is 14.0 Å². The van der Waals surface area contributed by atoms with E-state index < -0.39 is 5.97 Å². The zero-order valence-electron chi connectivity index (χ0n) is 11.8. The topological polar surface area (TPSA) is 63.6 Å². The summed E-state index contributed by atoms with van der Waals surface area (Å²) in [7, 11) is 0. The second-order valence-electron chi connectivity index (χ2n) is 4.76. The van der Waals surface area contributed by atoms with Gasteiger partial charge in [0, 0.05) is 12.0 Å². The molecule has 2 rings (SSSR count). The van der Waals surface area contributed by atoms with Crippen LogP contribution in [0.4, 0.5) is 4.39 Å². The second kappa shape index (κ2) is 7.36. The Balaban J connectivity index is 1.91. The Morgan fingerprint density at radius 3 is 2.41 bits per heavy atom. The number of carbonyl (C=O) groups is 2. The number of hydrogen-bond donors (Lipinski definition) is 1. The van der Waals surface area contributed by atoms with Crippen LogP contribution < -0.4 is 4.74 Å². The van der Waals surface area contributed by atoms with Gasteiger partial charge in [-0.1, -0.05) is 12.1 Å². The minimum atomic E-state index is -0.997. The highest BCUT2D eigenvalue weighted by Gasteiger charge is 2.08. The molecule has 1 N–H and O–H groups in total. The molecule has 0 bridgehead atoms. The average molecular weight is 302 g/mol. The number of hydrogen-bond acceptors (Lipinski definition) is 3. The van der Waals surface area contributed by atoms with Crippen molar-refractivity contribution in [3.63, 3.8) is 0 Å². The number of ketones is 1. The van der Waals surface area contributed by atoms with E-state index in [4.69, 9.17) is 9.84 Å². The van der Waals surface area contributed by atoms with Crippen LogP contribution in [-0.4, -0.2) is 16.9 Å². The van der Waals surface area contributed by atoms with Crippen LogP contribution in [0.2, 0.25) is 0 Å². The van der Waals surface area contributed by atoms with Crippen LogP contribution in [-0.2, 0) is 11.4 Å². The summed E-state index contributed by atoms with van der Waals surface area (Å²) in [6.45, 7) is 0.226. The Bertz CT molecular complexity index is 665. The van der Waals surface area contributed by atoms with Crippen LogP contribution in [0, 0.1) is 5.82 Å². The van der Waals surface area contributed by atoms with Crippen molar-refractivity contribution in [2.24, 2.45) is 0 Å². The zero-order valence-corrected chi connectivity index (χ0v) is 11.8. The zero-order chi connectivity index (χ0) is 15.9. The number of benzene rings is 2. The van der Waals surface area contributed by atoms with E-state index in [0.29, 0.717) is 16.9 Å². The van der Waals surface area contributed by atoms with Crippen molar-refractivity contribution in [3.05, 3.63) is 65.5 Å². The molecule has 2 aromatic rings. The first-order valence-corrected chi connectivity index (χ1v) is 6.77. The van der Waals surface area contributed by atoms with Gasteiger partial charge in [0.25, 0.3) is 0 Å². The molecule has 5 heteroatoms. The monoisotopic (exact) mass is 302 g/mol. The summed E-state index contributed by atoms with van der Waals surface area (Å²) in [4.78, 5) is 22.2. The number of carbonyl (C=O) groups excluding carboxylic acids is 1. The van der Waals surface area contributed by atoms with Crippen molar-refractivity contribution < 1.29 is 23.8 Å². The fraction of sp³-hybridized carbons (Fsp3) is 0.176. The third-order valence-corrected chi connectivity index (χ3v) is 3.04. The quantitative estimate of drug-likeness (QED) is 0.796. The Hall–Kier alpha value is -2.69. The molecule has 0 aliphatic heterocycles. The Kier molecular flexibility index (Phi) is 5.25. The minimum absolute atomic E-state index is 0.0289. The van der Waals surface area contributed by atoms with Gasteiger partial charge < -0.3 is 9.84 Å². The van der Waals surface area contributed by atoms with E-state index in [1.807, 2.05) is 0 Å². The van der Waals surface area contributed by atoms with Crippen LogP contribution in [0.1, 0.15) is 28.8 Å². The van der Waals surface area contributed by atoms with E-state index in [-0.39, 0.29) is 31.0 Å². The van der Waals surface area contributed by atoms with Crippen molar-refractivity contribution >= 4 is 11.8 Å². The SMILES string of the molecule is O=C(O)CCC(=O)c1ccc(OCc2cccc(F)c2)cc1. The van der Waals surface area contributed by atoms with Crippen molar-refractivity contribution in [3.8, 4) is 5.75 Å². The summed E-state index contributed by atoms with van der Waals surface area (Å²) in [5.74, 6) is -0.984. The summed E-state index contributed by atoms with van der Waals surface area (Å²) < 4.78 is 18.5. The molecule has 0 saturated heterocycles. The maximum absolute atomic E-state index is 13.0. The lowest BCUT2D eigenvalue weighted by Crippen LogP contribution is -2.03. The summed E-state index contributed by atoms with van der Waals surface area (Å²) >= 11 is 0. The molecular weight excluding hydrogens is 287 g/mol. The van der Waals surface area contributed by atoms with Crippen LogP contribution in [0.15, 0.2) is 48.5 Å². The molecule has 2 aromatic carbocycles. The standard InChI is InChI=1S/C17H15FO4/c18-14-3-1-2-12(10-14)11-22-15-6-4-13(5-7-15)16(19)8-9-17(20)21/h1-7,10H,8-9,11H2,(H,20,21). The molecule has 114 valence electrons. The van der Waals surface area contributed by atoms with Crippen molar-refractivity contribution in [2.75, 3.05) is 0 Å². The number of ether oxygens (including phenoxy) is 1. The molecule has 0 aromatic heterocycles. The van der Waals surface area contributed by atoms with Gasteiger partial charge in [-0.05, 0) is 42.0 Å². The highest BCUT2D eigenvalue weighted by Crippen LogP contribution is 2.16. The number of carboxylic acids is 1. The third-order valence-electron chi connectivity index (χ3n) is 3.04. The first kappa shape index (κ1) is 15.7. The Morgan fingerprint density at radius 2 is 1.77 bits per heavy atom. The Morgan fingerprint density at radius 1 is 1.05 bits per heavy atom. The summed E-state index contributed by atoms with van der Waals surface area (Å²) in [5.41, 5.74) is 1.15. The molecule has 0 unspecified atom stereocenters. The lowest BCUT2D eigenvalue weighted by atomic mass is 10.1. The molecule has 0 radical (unpaired) electrons. The van der Waals surface area contributed by atoms with E-state index in [2.05, 4.69) is 0 Å². The summed E-state index contributed by atoms with van der Waals surface area (Å²) in [6.07, 6.45) is -0.213. The number of rotatable bonds is 7. The fourth-order valence-electron chi connectivity index (χ4n) is 1.90. The van der Waals surface area contributed by atoms with E-state index in [1.54, 1.807) is 36.4 Å². The molecule has 0 atom stereocenters.